The van der Waals surface area contributed by atoms with Gasteiger partial charge in [-0.2, -0.15) is 0 Å². The summed E-state index contributed by atoms with van der Waals surface area (Å²) >= 11 is 0. The number of nitrogens with zero attached hydrogens (tertiary/aromatic N) is 4. The van der Waals surface area contributed by atoms with Crippen LogP contribution in [-0.2, 0) is 11.8 Å². The minimum Gasteiger partial charge on any atom is -0.416 e. The third-order valence-electron chi connectivity index (χ3n) is 6.44. The van der Waals surface area contributed by atoms with Gasteiger partial charge in [-0.05, 0) is 76.9 Å². The molecule has 0 saturated heterocycles. The highest BCUT2D eigenvalue weighted by Crippen LogP contribution is 2.32. The number of hydrogen-bond donors (Lipinski definition) is 0. The number of benzene rings is 3. The zero-order valence-corrected chi connectivity index (χ0v) is 22.5. The normalized spacial score (nSPS) is 11.7. The van der Waals surface area contributed by atoms with E-state index in [9.17, 15) is 0 Å². The lowest BCUT2D eigenvalue weighted by molar-refractivity contribution is 0.581. The average molecular weight is 505 g/mol. The maximum atomic E-state index is 6.04. The molecule has 0 spiro atoms. The maximum Gasteiger partial charge on any atom is 0.248 e. The molecule has 6 heteroatoms. The van der Waals surface area contributed by atoms with Gasteiger partial charge in [0.05, 0.1) is 0 Å². The Kier molecular flexibility index (Phi) is 6.81. The molecule has 0 amide bonds. The molecule has 0 saturated carbocycles. The zero-order valence-electron chi connectivity index (χ0n) is 22.5. The largest absolute Gasteiger partial charge is 0.416 e. The van der Waals surface area contributed by atoms with Crippen molar-refractivity contribution in [1.82, 2.24) is 20.4 Å². The van der Waals surface area contributed by atoms with Crippen molar-refractivity contribution in [2.24, 2.45) is 5.92 Å². The van der Waals surface area contributed by atoms with E-state index < -0.39 is 0 Å². The third-order valence-corrected chi connectivity index (χ3v) is 6.44. The van der Waals surface area contributed by atoms with E-state index in [1.54, 1.807) is 6.08 Å². The quantitative estimate of drug-likeness (QED) is 0.222. The Hall–Kier alpha value is -4.32. The van der Waals surface area contributed by atoms with Gasteiger partial charge in [-0.15, -0.1) is 20.4 Å². The summed E-state index contributed by atoms with van der Waals surface area (Å²) < 4.78 is 12.1. The number of hydrogen-bond acceptors (Lipinski definition) is 6. The van der Waals surface area contributed by atoms with E-state index in [1.165, 1.54) is 11.1 Å². The van der Waals surface area contributed by atoms with Crippen molar-refractivity contribution in [1.29, 1.82) is 0 Å². The number of rotatable bonds is 7. The lowest BCUT2D eigenvalue weighted by atomic mass is 9.87. The summed E-state index contributed by atoms with van der Waals surface area (Å²) in [4.78, 5) is 0. The molecule has 0 bridgehead atoms. The Morgan fingerprint density at radius 1 is 0.711 bits per heavy atom. The van der Waals surface area contributed by atoms with Gasteiger partial charge in [0.15, 0.2) is 0 Å². The Balaban J connectivity index is 1.38. The van der Waals surface area contributed by atoms with Gasteiger partial charge in [0, 0.05) is 22.3 Å². The van der Waals surface area contributed by atoms with Gasteiger partial charge in [-0.25, -0.2) is 0 Å². The second kappa shape index (κ2) is 10.2. The highest BCUT2D eigenvalue weighted by Gasteiger charge is 2.18. The van der Waals surface area contributed by atoms with Crippen LogP contribution in [0.15, 0.2) is 82.1 Å². The van der Waals surface area contributed by atoms with Crippen LogP contribution >= 0.6 is 0 Å². The van der Waals surface area contributed by atoms with Crippen LogP contribution in [0, 0.1) is 5.92 Å². The van der Waals surface area contributed by atoms with Crippen LogP contribution in [-0.4, -0.2) is 20.4 Å². The van der Waals surface area contributed by atoms with Crippen molar-refractivity contribution in [3.05, 3.63) is 90.0 Å². The average Bonchev–Trinajstić information content (AvgIpc) is 3.59. The molecule has 0 N–H and O–H groups in total. The van der Waals surface area contributed by atoms with Crippen molar-refractivity contribution < 1.29 is 8.83 Å². The van der Waals surface area contributed by atoms with Gasteiger partial charge in [0.25, 0.3) is 0 Å². The van der Waals surface area contributed by atoms with E-state index in [4.69, 9.17) is 8.83 Å². The summed E-state index contributed by atoms with van der Waals surface area (Å²) in [7, 11) is 0. The highest BCUT2D eigenvalue weighted by molar-refractivity contribution is 5.74. The van der Waals surface area contributed by atoms with Crippen LogP contribution in [0.1, 0.15) is 51.3 Å². The van der Waals surface area contributed by atoms with Gasteiger partial charge in [-0.1, -0.05) is 71.5 Å². The molecule has 2 heterocycles. The molecule has 3 aromatic carbocycles. The molecule has 0 radical (unpaired) electrons. The van der Waals surface area contributed by atoms with Gasteiger partial charge in [-0.3, -0.25) is 0 Å². The molecule has 192 valence electrons. The van der Waals surface area contributed by atoms with E-state index in [-0.39, 0.29) is 5.41 Å². The van der Waals surface area contributed by atoms with Crippen molar-refractivity contribution in [3.63, 3.8) is 0 Å². The molecule has 2 aromatic heterocycles. The molecule has 6 nitrogen and oxygen atoms in total. The van der Waals surface area contributed by atoms with Crippen LogP contribution in [0.3, 0.4) is 0 Å². The van der Waals surface area contributed by atoms with Gasteiger partial charge in [0.2, 0.25) is 23.6 Å². The summed E-state index contributed by atoms with van der Waals surface area (Å²) in [5.74, 6) is 2.43. The Morgan fingerprint density at radius 2 is 1.21 bits per heavy atom. The van der Waals surface area contributed by atoms with Crippen LogP contribution < -0.4 is 0 Å². The molecular weight excluding hydrogens is 472 g/mol. The predicted molar refractivity (Wildman–Crippen MR) is 151 cm³/mol. The first-order valence-electron chi connectivity index (χ1n) is 12.9. The number of aromatic nitrogens is 4. The molecule has 0 fully saturated rings. The monoisotopic (exact) mass is 504 g/mol. The van der Waals surface area contributed by atoms with Crippen LogP contribution in [0.25, 0.3) is 51.9 Å². The van der Waals surface area contributed by atoms with Gasteiger partial charge in [0.1, 0.15) is 0 Å². The molecule has 5 rings (SSSR count). The second-order valence-electron chi connectivity index (χ2n) is 11.0. The molecule has 0 aliphatic rings. The maximum absolute atomic E-state index is 6.04. The smallest absolute Gasteiger partial charge is 0.248 e. The second-order valence-corrected chi connectivity index (χ2v) is 11.0. The lowest BCUT2D eigenvalue weighted by Gasteiger charge is -2.18. The first kappa shape index (κ1) is 25.3. The molecular formula is C32H32N4O2. The van der Waals surface area contributed by atoms with E-state index in [0.29, 0.717) is 29.5 Å². The van der Waals surface area contributed by atoms with E-state index in [1.807, 2.05) is 42.5 Å². The fourth-order valence-corrected chi connectivity index (χ4v) is 4.33. The summed E-state index contributed by atoms with van der Waals surface area (Å²) in [6, 6.07) is 22.3. The molecule has 0 unspecified atom stereocenters. The molecule has 38 heavy (non-hydrogen) atoms. The summed E-state index contributed by atoms with van der Waals surface area (Å²) in [6.45, 7) is 15.0. The third kappa shape index (κ3) is 5.35. The highest BCUT2D eigenvalue weighted by atomic mass is 16.4. The summed E-state index contributed by atoms with van der Waals surface area (Å²) in [5.41, 5.74) is 6.80. The van der Waals surface area contributed by atoms with Crippen molar-refractivity contribution in [2.75, 3.05) is 0 Å². The summed E-state index contributed by atoms with van der Waals surface area (Å²) in [5, 5.41) is 17.1. The van der Waals surface area contributed by atoms with Crippen LogP contribution in [0.2, 0.25) is 0 Å². The fraction of sp³-hybridized carbons (Fsp3) is 0.250. The molecule has 0 atom stereocenters. The Labute approximate surface area is 223 Å². The van der Waals surface area contributed by atoms with Crippen molar-refractivity contribution in [3.8, 4) is 45.8 Å². The predicted octanol–water partition coefficient (Wildman–Crippen LogP) is 8.26. The van der Waals surface area contributed by atoms with Gasteiger partial charge < -0.3 is 8.83 Å². The molecule has 5 aromatic rings. The summed E-state index contributed by atoms with van der Waals surface area (Å²) in [6.07, 6.45) is 2.79. The minimum atomic E-state index is 0.0819. The standard InChI is InChI=1S/C32H32N4O2/c1-7-22-19-25(30-35-33-28(37-30)24-12-15-26(16-13-24)32(4,5)6)14-17-27(22)31-36-34-29(38-31)23-10-8-21(9-11-23)18-20(2)3/h7-17,19-20H,1,18H2,2-6H3. The van der Waals surface area contributed by atoms with Crippen LogP contribution in [0.5, 0.6) is 0 Å². The SMILES string of the molecule is C=Cc1cc(-c2nnc(-c3ccc(C(C)(C)C)cc3)o2)ccc1-c1nnc(-c2ccc(CC(C)C)cc2)o1. The Bertz CT molecular complexity index is 1550. The molecule has 0 aliphatic heterocycles. The van der Waals surface area contributed by atoms with Crippen LogP contribution in [0.4, 0.5) is 0 Å². The fourth-order valence-electron chi connectivity index (χ4n) is 4.33. The van der Waals surface area contributed by atoms with Gasteiger partial charge >= 0.3 is 0 Å². The first-order valence-corrected chi connectivity index (χ1v) is 12.9. The van der Waals surface area contributed by atoms with E-state index in [0.717, 1.165) is 34.2 Å². The van der Waals surface area contributed by atoms with E-state index in [2.05, 4.69) is 85.9 Å². The Morgan fingerprint density at radius 3 is 1.76 bits per heavy atom. The van der Waals surface area contributed by atoms with Crippen molar-refractivity contribution >= 4 is 6.08 Å². The van der Waals surface area contributed by atoms with Crippen molar-refractivity contribution in [2.45, 2.75) is 46.5 Å². The van der Waals surface area contributed by atoms with E-state index >= 15 is 0 Å². The minimum absolute atomic E-state index is 0.0819. The topological polar surface area (TPSA) is 77.8 Å². The first-order chi connectivity index (χ1) is 18.2. The molecule has 0 aliphatic carbocycles. The zero-order chi connectivity index (χ0) is 26.9. The lowest BCUT2D eigenvalue weighted by Crippen LogP contribution is -2.10.